The van der Waals surface area contributed by atoms with Crippen molar-refractivity contribution in [3.63, 3.8) is 0 Å². The van der Waals surface area contributed by atoms with Crippen molar-refractivity contribution in [2.45, 2.75) is 12.5 Å². The first-order valence-electron chi connectivity index (χ1n) is 8.01. The summed E-state index contributed by atoms with van der Waals surface area (Å²) >= 11 is 1.55. The Bertz CT molecular complexity index is 945. The molecule has 3 aromatic heterocycles. The second-order valence-electron chi connectivity index (χ2n) is 5.87. The first kappa shape index (κ1) is 16.6. The predicted octanol–water partition coefficient (Wildman–Crippen LogP) is 1.41. The minimum Gasteiger partial charge on any atom is -0.481 e. The number of hydrogen-bond donors (Lipinski definition) is 2. The van der Waals surface area contributed by atoms with Crippen LogP contribution in [0.15, 0.2) is 23.8 Å². The molecule has 4 rings (SSSR count). The molecule has 9 nitrogen and oxygen atoms in total. The molecule has 3 aromatic rings. The van der Waals surface area contributed by atoms with Gasteiger partial charge in [-0.05, 0) is 11.4 Å². The van der Waals surface area contributed by atoms with E-state index >= 15 is 0 Å². The molecule has 1 aliphatic heterocycles. The van der Waals surface area contributed by atoms with E-state index in [-0.39, 0.29) is 18.5 Å². The van der Waals surface area contributed by atoms with Crippen molar-refractivity contribution in [1.82, 2.24) is 19.9 Å². The maximum Gasteiger partial charge on any atom is 0.306 e. The number of anilines is 2. The van der Waals surface area contributed by atoms with Gasteiger partial charge in [0.2, 0.25) is 5.95 Å². The van der Waals surface area contributed by atoms with Crippen molar-refractivity contribution in [2.24, 2.45) is 0 Å². The lowest BCUT2D eigenvalue weighted by atomic mass is 10.2. The maximum absolute atomic E-state index is 11.0. The molecule has 3 N–H and O–H groups in total. The minimum atomic E-state index is -0.875. The van der Waals surface area contributed by atoms with Crippen LogP contribution in [0.3, 0.4) is 0 Å². The standard InChI is InChI=1S/C16H16N6O3S/c17-16-18-6-9(7-19-16)14-20-11-1-4-26-13(11)15(21-14)22-2-3-25-10(8-22)5-12(23)24/h1,4,6-7,10H,2-3,5,8H2,(H,23,24)(H2,17,18,19). The fraction of sp³-hybridized carbons (Fsp3) is 0.312. The van der Waals surface area contributed by atoms with Gasteiger partial charge in [-0.3, -0.25) is 4.79 Å². The van der Waals surface area contributed by atoms with Crippen LogP contribution < -0.4 is 10.6 Å². The summed E-state index contributed by atoms with van der Waals surface area (Å²) in [5.41, 5.74) is 7.05. The minimum absolute atomic E-state index is 0.0339. The van der Waals surface area contributed by atoms with Crippen LogP contribution in [-0.2, 0) is 9.53 Å². The number of morpholine rings is 1. The Balaban J connectivity index is 1.73. The van der Waals surface area contributed by atoms with E-state index in [0.717, 1.165) is 16.0 Å². The molecule has 0 spiro atoms. The van der Waals surface area contributed by atoms with Crippen LogP contribution in [0.25, 0.3) is 21.6 Å². The van der Waals surface area contributed by atoms with Gasteiger partial charge in [0.15, 0.2) is 11.6 Å². The van der Waals surface area contributed by atoms with Gasteiger partial charge in [-0.2, -0.15) is 0 Å². The number of carboxylic acid groups (broad SMARTS) is 1. The first-order chi connectivity index (χ1) is 12.6. The van der Waals surface area contributed by atoms with E-state index < -0.39 is 5.97 Å². The Morgan fingerprint density at radius 3 is 2.96 bits per heavy atom. The summed E-state index contributed by atoms with van der Waals surface area (Å²) in [5.74, 6) is 0.596. The number of ether oxygens (including phenoxy) is 1. The normalized spacial score (nSPS) is 17.5. The van der Waals surface area contributed by atoms with Crippen molar-refractivity contribution in [3.05, 3.63) is 23.8 Å². The number of thiophene rings is 1. The summed E-state index contributed by atoms with van der Waals surface area (Å²) in [6.07, 6.45) is 2.78. The molecular weight excluding hydrogens is 356 g/mol. The highest BCUT2D eigenvalue weighted by atomic mass is 32.1. The molecule has 10 heteroatoms. The number of nitrogens with zero attached hydrogens (tertiary/aromatic N) is 5. The quantitative estimate of drug-likeness (QED) is 0.698. The third kappa shape index (κ3) is 3.28. The predicted molar refractivity (Wildman–Crippen MR) is 97.1 cm³/mol. The molecule has 1 aliphatic rings. The highest BCUT2D eigenvalue weighted by Crippen LogP contribution is 2.32. The van der Waals surface area contributed by atoms with E-state index in [1.807, 2.05) is 11.4 Å². The average Bonchev–Trinajstić information content (AvgIpc) is 3.10. The van der Waals surface area contributed by atoms with Crippen LogP contribution in [0.2, 0.25) is 0 Å². The zero-order chi connectivity index (χ0) is 18.1. The second-order valence-corrected chi connectivity index (χ2v) is 6.79. The monoisotopic (exact) mass is 372 g/mol. The summed E-state index contributed by atoms with van der Waals surface area (Å²) in [6, 6.07) is 1.93. The van der Waals surface area contributed by atoms with E-state index in [9.17, 15) is 4.79 Å². The third-order valence-corrected chi connectivity index (χ3v) is 4.96. The lowest BCUT2D eigenvalue weighted by Gasteiger charge is -2.33. The smallest absolute Gasteiger partial charge is 0.306 e. The molecule has 0 saturated carbocycles. The molecule has 134 valence electrons. The van der Waals surface area contributed by atoms with Gasteiger partial charge in [0.05, 0.1) is 34.9 Å². The molecule has 4 heterocycles. The van der Waals surface area contributed by atoms with E-state index in [4.69, 9.17) is 20.6 Å². The molecule has 0 radical (unpaired) electrons. The van der Waals surface area contributed by atoms with Crippen LogP contribution in [0.1, 0.15) is 6.42 Å². The zero-order valence-electron chi connectivity index (χ0n) is 13.7. The maximum atomic E-state index is 11.0. The summed E-state index contributed by atoms with van der Waals surface area (Å²) in [4.78, 5) is 30.4. The van der Waals surface area contributed by atoms with Gasteiger partial charge in [0.25, 0.3) is 0 Å². The number of aliphatic carboxylic acids is 1. The van der Waals surface area contributed by atoms with E-state index in [2.05, 4.69) is 19.9 Å². The SMILES string of the molecule is Nc1ncc(-c2nc(N3CCOC(CC(=O)O)C3)c3sccc3n2)cn1. The number of fused-ring (bicyclic) bond motifs is 1. The Morgan fingerprint density at radius 2 is 2.19 bits per heavy atom. The molecular formula is C16H16N6O3S. The first-order valence-corrected chi connectivity index (χ1v) is 8.89. The fourth-order valence-electron chi connectivity index (χ4n) is 2.87. The van der Waals surface area contributed by atoms with Gasteiger partial charge >= 0.3 is 5.97 Å². The van der Waals surface area contributed by atoms with Gasteiger partial charge in [-0.25, -0.2) is 19.9 Å². The highest BCUT2D eigenvalue weighted by Gasteiger charge is 2.26. The van der Waals surface area contributed by atoms with Crippen molar-refractivity contribution in [1.29, 1.82) is 0 Å². The Morgan fingerprint density at radius 1 is 1.38 bits per heavy atom. The lowest BCUT2D eigenvalue weighted by molar-refractivity contribution is -0.140. The molecule has 0 bridgehead atoms. The molecule has 1 unspecified atom stereocenters. The van der Waals surface area contributed by atoms with Crippen LogP contribution in [0.4, 0.5) is 11.8 Å². The molecule has 0 aliphatic carbocycles. The van der Waals surface area contributed by atoms with E-state index in [0.29, 0.717) is 31.1 Å². The van der Waals surface area contributed by atoms with Crippen molar-refractivity contribution in [2.75, 3.05) is 30.3 Å². The number of nitrogens with two attached hydrogens (primary N) is 1. The van der Waals surface area contributed by atoms with Crippen molar-refractivity contribution < 1.29 is 14.6 Å². The number of hydrogen-bond acceptors (Lipinski definition) is 9. The summed E-state index contributed by atoms with van der Waals surface area (Å²) in [5, 5.41) is 11.0. The number of nitrogen functional groups attached to an aromatic ring is 1. The van der Waals surface area contributed by atoms with E-state index in [1.54, 1.807) is 23.7 Å². The molecule has 1 fully saturated rings. The van der Waals surface area contributed by atoms with E-state index in [1.165, 1.54) is 0 Å². The summed E-state index contributed by atoms with van der Waals surface area (Å²) in [6.45, 7) is 1.56. The van der Waals surface area contributed by atoms with Gasteiger partial charge in [-0.1, -0.05) is 0 Å². The molecule has 1 atom stereocenters. The van der Waals surface area contributed by atoms with Gasteiger partial charge in [-0.15, -0.1) is 11.3 Å². The fourth-order valence-corrected chi connectivity index (χ4v) is 3.72. The Labute approximate surface area is 152 Å². The van der Waals surface area contributed by atoms with Crippen LogP contribution >= 0.6 is 11.3 Å². The Kier molecular flexibility index (Phi) is 4.35. The number of aromatic nitrogens is 4. The topological polar surface area (TPSA) is 127 Å². The van der Waals surface area contributed by atoms with Crippen LogP contribution in [-0.4, -0.2) is 56.8 Å². The Hall–Kier alpha value is -2.85. The molecule has 26 heavy (non-hydrogen) atoms. The van der Waals surface area contributed by atoms with Crippen LogP contribution in [0.5, 0.6) is 0 Å². The third-order valence-electron chi connectivity index (χ3n) is 4.06. The molecule has 0 amide bonds. The van der Waals surface area contributed by atoms with Gasteiger partial charge < -0.3 is 20.5 Å². The zero-order valence-corrected chi connectivity index (χ0v) is 14.5. The van der Waals surface area contributed by atoms with Crippen molar-refractivity contribution in [3.8, 4) is 11.4 Å². The number of rotatable bonds is 4. The molecule has 1 saturated heterocycles. The summed E-state index contributed by atoms with van der Waals surface area (Å²) in [7, 11) is 0. The van der Waals surface area contributed by atoms with Gasteiger partial charge in [0, 0.05) is 25.5 Å². The number of carbonyl (C=O) groups is 1. The van der Waals surface area contributed by atoms with Crippen molar-refractivity contribution >= 4 is 39.3 Å². The summed E-state index contributed by atoms with van der Waals surface area (Å²) < 4.78 is 6.53. The van der Waals surface area contributed by atoms with Gasteiger partial charge in [0.1, 0.15) is 0 Å². The molecule has 0 aromatic carbocycles. The van der Waals surface area contributed by atoms with Crippen LogP contribution in [0, 0.1) is 0 Å². The highest BCUT2D eigenvalue weighted by molar-refractivity contribution is 7.17. The number of carboxylic acids is 1. The largest absolute Gasteiger partial charge is 0.481 e. The second kappa shape index (κ2) is 6.81. The average molecular weight is 372 g/mol. The lowest BCUT2D eigenvalue weighted by Crippen LogP contribution is -2.43.